The maximum Gasteiger partial charge on any atom is 0.410 e. The predicted octanol–water partition coefficient (Wildman–Crippen LogP) is 0.629. The minimum Gasteiger partial charge on any atom is -0.550 e. The van der Waals surface area contributed by atoms with E-state index in [-0.39, 0.29) is 6.54 Å². The monoisotopic (exact) mass is 264 g/mol. The number of hydrogen-bond donors (Lipinski definition) is 0. The summed E-state index contributed by atoms with van der Waals surface area (Å²) in [5.41, 5.74) is -0.819. The Morgan fingerprint density at radius 1 is 1.39 bits per heavy atom. The highest BCUT2D eigenvalue weighted by Crippen LogP contribution is 2.31. The van der Waals surface area contributed by atoms with Crippen LogP contribution in [0.3, 0.4) is 0 Å². The van der Waals surface area contributed by atoms with Gasteiger partial charge in [0.2, 0.25) is 0 Å². The van der Waals surface area contributed by atoms with Crippen LogP contribution in [0.4, 0.5) is 13.6 Å². The van der Waals surface area contributed by atoms with E-state index in [1.807, 2.05) is 0 Å². The van der Waals surface area contributed by atoms with Crippen LogP contribution in [0.15, 0.2) is 0 Å². The Balaban J connectivity index is 2.76. The molecule has 1 unspecified atom stereocenters. The number of carboxylic acids is 1. The topological polar surface area (TPSA) is 69.7 Å². The zero-order chi connectivity index (χ0) is 14.1. The van der Waals surface area contributed by atoms with E-state index in [1.54, 1.807) is 20.8 Å². The number of likely N-dealkylation sites (tertiary alicyclic amines) is 1. The first-order valence-electron chi connectivity index (χ1n) is 5.57. The molecule has 0 aromatic rings. The summed E-state index contributed by atoms with van der Waals surface area (Å²) in [4.78, 5) is 23.0. The largest absolute Gasteiger partial charge is 0.550 e. The molecule has 0 spiro atoms. The molecule has 0 radical (unpaired) electrons. The second-order valence-electron chi connectivity index (χ2n) is 5.44. The Kier molecular flexibility index (Phi) is 3.83. The molecule has 1 aliphatic rings. The van der Waals surface area contributed by atoms with Crippen LogP contribution >= 0.6 is 0 Å². The first-order chi connectivity index (χ1) is 8.00. The highest BCUT2D eigenvalue weighted by Gasteiger charge is 2.43. The number of rotatable bonds is 1. The lowest BCUT2D eigenvalue weighted by molar-refractivity contribution is -0.315. The van der Waals surface area contributed by atoms with Crippen molar-refractivity contribution in [1.29, 1.82) is 0 Å². The molecule has 0 saturated carbocycles. The maximum absolute atomic E-state index is 13.3. The van der Waals surface area contributed by atoms with Gasteiger partial charge in [0.05, 0.1) is 6.54 Å². The molecule has 0 aliphatic carbocycles. The van der Waals surface area contributed by atoms with Crippen LogP contribution in [0.2, 0.25) is 0 Å². The molecule has 7 heteroatoms. The van der Waals surface area contributed by atoms with E-state index in [2.05, 4.69) is 0 Å². The number of carbonyl (C=O) groups is 2. The number of aliphatic carboxylic acids is 1. The summed E-state index contributed by atoms with van der Waals surface area (Å²) in [6.45, 7) is 3.66. The lowest BCUT2D eigenvalue weighted by Gasteiger charge is -2.38. The third-order valence-corrected chi connectivity index (χ3v) is 2.39. The summed E-state index contributed by atoms with van der Waals surface area (Å²) in [5.74, 6) is -6.19. The first kappa shape index (κ1) is 14.7. The van der Waals surface area contributed by atoms with Crippen molar-refractivity contribution < 1.29 is 28.2 Å². The van der Waals surface area contributed by atoms with Gasteiger partial charge in [-0.15, -0.1) is 0 Å². The van der Waals surface area contributed by atoms with Crippen LogP contribution < -0.4 is 5.11 Å². The van der Waals surface area contributed by atoms with E-state index in [4.69, 9.17) is 4.74 Å². The number of hydrogen-bond acceptors (Lipinski definition) is 4. The van der Waals surface area contributed by atoms with Crippen molar-refractivity contribution in [2.24, 2.45) is 5.92 Å². The fourth-order valence-corrected chi connectivity index (χ4v) is 1.72. The van der Waals surface area contributed by atoms with Gasteiger partial charge >= 0.3 is 6.09 Å². The molecule has 5 nitrogen and oxygen atoms in total. The number of carbonyl (C=O) groups excluding carboxylic acids is 2. The van der Waals surface area contributed by atoms with E-state index < -0.39 is 42.5 Å². The van der Waals surface area contributed by atoms with Crippen LogP contribution in [0.1, 0.15) is 27.2 Å². The second-order valence-corrected chi connectivity index (χ2v) is 5.44. The average Bonchev–Trinajstić information content (AvgIpc) is 2.12. The van der Waals surface area contributed by atoms with E-state index >= 15 is 0 Å². The molecule has 104 valence electrons. The van der Waals surface area contributed by atoms with E-state index in [1.165, 1.54) is 0 Å². The van der Waals surface area contributed by atoms with Gasteiger partial charge in [0.1, 0.15) is 5.60 Å². The fraction of sp³-hybridized carbons (Fsp3) is 0.818. The predicted molar refractivity (Wildman–Crippen MR) is 55.9 cm³/mol. The highest BCUT2D eigenvalue weighted by atomic mass is 19.3. The standard InChI is InChI=1S/C11H17F2NO4/c1-10(2,3)18-9(17)14-5-7(8(15)16)4-11(12,13)6-14/h7H,4-6H2,1-3H3,(H,15,16)/p-1. The van der Waals surface area contributed by atoms with E-state index in [0.717, 1.165) is 4.90 Å². The lowest BCUT2D eigenvalue weighted by atomic mass is 9.96. The van der Waals surface area contributed by atoms with Crippen molar-refractivity contribution in [3.8, 4) is 0 Å². The molecule has 0 bridgehead atoms. The molecule has 1 atom stereocenters. The van der Waals surface area contributed by atoms with Crippen molar-refractivity contribution in [3.63, 3.8) is 0 Å². The zero-order valence-corrected chi connectivity index (χ0v) is 10.5. The summed E-state index contributed by atoms with van der Waals surface area (Å²) in [7, 11) is 0. The minimum atomic E-state index is -3.24. The van der Waals surface area contributed by atoms with Gasteiger partial charge in [-0.1, -0.05) is 0 Å². The average molecular weight is 264 g/mol. The fourth-order valence-electron chi connectivity index (χ4n) is 1.72. The quantitative estimate of drug-likeness (QED) is 0.696. The number of halogens is 2. The van der Waals surface area contributed by atoms with Crippen LogP contribution in [0.5, 0.6) is 0 Å². The SMILES string of the molecule is CC(C)(C)OC(=O)N1CC(C(=O)[O-])CC(F)(F)C1. The Bertz CT molecular complexity index is 351. The summed E-state index contributed by atoms with van der Waals surface area (Å²) in [6.07, 6.45) is -1.75. The van der Waals surface area contributed by atoms with Crippen LogP contribution in [-0.4, -0.2) is 41.6 Å². The normalized spacial score (nSPS) is 23.6. The van der Waals surface area contributed by atoms with E-state index in [9.17, 15) is 23.5 Å². The molecule has 1 rings (SSSR count). The number of piperidine rings is 1. The Labute approximate surface area is 104 Å². The number of nitrogens with zero attached hydrogens (tertiary/aromatic N) is 1. The molecule has 1 amide bonds. The second kappa shape index (κ2) is 4.70. The first-order valence-corrected chi connectivity index (χ1v) is 5.57. The number of carboxylic acid groups (broad SMARTS) is 1. The third kappa shape index (κ3) is 4.12. The van der Waals surface area contributed by atoms with Gasteiger partial charge in [-0.2, -0.15) is 0 Å². The van der Waals surface area contributed by atoms with Crippen molar-refractivity contribution >= 4 is 12.1 Å². The number of amides is 1. The molecule has 0 aromatic carbocycles. The minimum absolute atomic E-state index is 0.313. The maximum atomic E-state index is 13.3. The summed E-state index contributed by atoms with van der Waals surface area (Å²) in [6, 6.07) is 0. The molecule has 1 heterocycles. The number of alkyl halides is 2. The molecule has 1 aliphatic heterocycles. The molecule has 1 fully saturated rings. The van der Waals surface area contributed by atoms with E-state index in [0.29, 0.717) is 0 Å². The van der Waals surface area contributed by atoms with Gasteiger partial charge in [-0.25, -0.2) is 13.6 Å². The molecule has 1 saturated heterocycles. The third-order valence-electron chi connectivity index (χ3n) is 2.39. The summed E-state index contributed by atoms with van der Waals surface area (Å²) >= 11 is 0. The van der Waals surface area contributed by atoms with Gasteiger partial charge in [0.15, 0.2) is 0 Å². The lowest BCUT2D eigenvalue weighted by Crippen LogP contribution is -2.54. The van der Waals surface area contributed by atoms with Gasteiger partial charge in [-0.3, -0.25) is 0 Å². The molecular weight excluding hydrogens is 248 g/mol. The molecular formula is C11H16F2NO4-. The van der Waals surface area contributed by atoms with Crippen molar-refractivity contribution in [2.75, 3.05) is 13.1 Å². The molecule has 0 aromatic heterocycles. The Morgan fingerprint density at radius 3 is 2.39 bits per heavy atom. The van der Waals surface area contributed by atoms with Gasteiger partial charge in [0.25, 0.3) is 5.92 Å². The molecule has 18 heavy (non-hydrogen) atoms. The van der Waals surface area contributed by atoms with Crippen LogP contribution in [0, 0.1) is 5.92 Å². The van der Waals surface area contributed by atoms with Crippen molar-refractivity contribution in [2.45, 2.75) is 38.7 Å². The van der Waals surface area contributed by atoms with Crippen LogP contribution in [0.25, 0.3) is 0 Å². The zero-order valence-electron chi connectivity index (χ0n) is 10.5. The van der Waals surface area contributed by atoms with Gasteiger partial charge in [-0.05, 0) is 20.8 Å². The van der Waals surface area contributed by atoms with Crippen LogP contribution in [-0.2, 0) is 9.53 Å². The van der Waals surface area contributed by atoms with Gasteiger partial charge < -0.3 is 19.5 Å². The summed E-state index contributed by atoms with van der Waals surface area (Å²) < 4.78 is 31.6. The highest BCUT2D eigenvalue weighted by molar-refractivity contribution is 5.72. The van der Waals surface area contributed by atoms with Crippen molar-refractivity contribution in [1.82, 2.24) is 4.90 Å². The summed E-state index contributed by atoms with van der Waals surface area (Å²) in [5, 5.41) is 10.7. The van der Waals surface area contributed by atoms with Crippen molar-refractivity contribution in [3.05, 3.63) is 0 Å². The Morgan fingerprint density at radius 2 is 1.94 bits per heavy atom. The molecule has 0 N–H and O–H groups in total. The smallest absolute Gasteiger partial charge is 0.410 e. The Hall–Kier alpha value is -1.40. The number of ether oxygens (including phenoxy) is 1. The van der Waals surface area contributed by atoms with Gasteiger partial charge in [0, 0.05) is 24.9 Å².